The van der Waals surface area contributed by atoms with Gasteiger partial charge in [0.1, 0.15) is 11.6 Å². The highest BCUT2D eigenvalue weighted by atomic mass is 35.5. The Kier molecular flexibility index (Phi) is 6.97. The van der Waals surface area contributed by atoms with Crippen molar-refractivity contribution in [2.75, 3.05) is 19.7 Å². The van der Waals surface area contributed by atoms with E-state index in [1.165, 1.54) is 12.1 Å². The van der Waals surface area contributed by atoms with Crippen LogP contribution in [0.4, 0.5) is 4.39 Å². The van der Waals surface area contributed by atoms with E-state index in [1.54, 1.807) is 6.07 Å². The van der Waals surface area contributed by atoms with E-state index in [0.717, 1.165) is 17.2 Å². The number of amides is 2. The molecule has 0 spiro atoms. The van der Waals surface area contributed by atoms with Gasteiger partial charge in [0.2, 0.25) is 0 Å². The Morgan fingerprint density at radius 2 is 1.77 bits per heavy atom. The molecule has 2 amide bonds. The average molecular weight is 379 g/mol. The molecule has 0 aliphatic heterocycles. The lowest BCUT2D eigenvalue weighted by Crippen LogP contribution is -2.37. The average Bonchev–Trinajstić information content (AvgIpc) is 2.60. The van der Waals surface area contributed by atoms with Crippen molar-refractivity contribution in [3.05, 3.63) is 63.9 Å². The van der Waals surface area contributed by atoms with Crippen LogP contribution in [0.5, 0.6) is 5.75 Å². The van der Waals surface area contributed by atoms with Crippen LogP contribution in [0, 0.1) is 19.7 Å². The number of nitrogens with one attached hydrogen (secondary N) is 2. The molecule has 0 unspecified atom stereocenters. The van der Waals surface area contributed by atoms with Crippen molar-refractivity contribution < 1.29 is 18.7 Å². The summed E-state index contributed by atoms with van der Waals surface area (Å²) in [5.41, 5.74) is 1.85. The quantitative estimate of drug-likeness (QED) is 0.728. The summed E-state index contributed by atoms with van der Waals surface area (Å²) in [5.74, 6) is -0.985. The molecule has 0 saturated heterocycles. The van der Waals surface area contributed by atoms with Crippen LogP contribution in [0.3, 0.4) is 0 Å². The van der Waals surface area contributed by atoms with Crippen molar-refractivity contribution in [1.82, 2.24) is 10.6 Å². The minimum Gasteiger partial charge on any atom is -0.483 e. The van der Waals surface area contributed by atoms with Crippen LogP contribution >= 0.6 is 11.6 Å². The zero-order valence-corrected chi connectivity index (χ0v) is 15.3. The van der Waals surface area contributed by atoms with Gasteiger partial charge in [-0.1, -0.05) is 29.8 Å². The standard InChI is InChI=1S/C19H20ClFN2O3/c1-12-5-3-8-16(13(12)2)26-11-17(24)22-9-10-23-19(25)18-14(20)6-4-7-15(18)21/h3-8H,9-11H2,1-2H3,(H,22,24)(H,23,25). The van der Waals surface area contributed by atoms with Crippen LogP contribution in [0.25, 0.3) is 0 Å². The number of rotatable bonds is 7. The Hall–Kier alpha value is -2.60. The SMILES string of the molecule is Cc1cccc(OCC(=O)NCCNC(=O)c2c(F)cccc2Cl)c1C. The Morgan fingerprint density at radius 1 is 1.08 bits per heavy atom. The first-order valence-corrected chi connectivity index (χ1v) is 8.46. The van der Waals surface area contributed by atoms with Gasteiger partial charge in [-0.25, -0.2) is 4.39 Å². The minimum atomic E-state index is -0.694. The predicted octanol–water partition coefficient (Wildman–Crippen LogP) is 3.02. The number of halogens is 2. The smallest absolute Gasteiger partial charge is 0.258 e. The first kappa shape index (κ1) is 19.7. The highest BCUT2D eigenvalue weighted by molar-refractivity contribution is 6.33. The zero-order chi connectivity index (χ0) is 19.1. The third-order valence-electron chi connectivity index (χ3n) is 3.84. The molecule has 0 bridgehead atoms. The van der Waals surface area contributed by atoms with E-state index in [9.17, 15) is 14.0 Å². The number of benzene rings is 2. The van der Waals surface area contributed by atoms with Gasteiger partial charge in [0.15, 0.2) is 6.61 Å². The second kappa shape index (κ2) is 9.20. The zero-order valence-electron chi connectivity index (χ0n) is 14.6. The molecule has 0 aliphatic carbocycles. The summed E-state index contributed by atoms with van der Waals surface area (Å²) in [6.07, 6.45) is 0. The largest absolute Gasteiger partial charge is 0.483 e. The Morgan fingerprint density at radius 3 is 2.50 bits per heavy atom. The van der Waals surface area contributed by atoms with E-state index in [1.807, 2.05) is 26.0 Å². The van der Waals surface area contributed by atoms with Crippen LogP contribution in [0.2, 0.25) is 5.02 Å². The Balaban J connectivity index is 1.73. The van der Waals surface area contributed by atoms with E-state index in [2.05, 4.69) is 10.6 Å². The molecule has 0 fully saturated rings. The first-order chi connectivity index (χ1) is 12.4. The van der Waals surface area contributed by atoms with Crippen LogP contribution in [0.1, 0.15) is 21.5 Å². The molecule has 26 heavy (non-hydrogen) atoms. The van der Waals surface area contributed by atoms with E-state index < -0.39 is 11.7 Å². The van der Waals surface area contributed by atoms with Gasteiger partial charge in [0, 0.05) is 13.1 Å². The summed E-state index contributed by atoms with van der Waals surface area (Å²) in [5, 5.41) is 5.16. The van der Waals surface area contributed by atoms with Gasteiger partial charge in [-0.05, 0) is 43.2 Å². The fourth-order valence-electron chi connectivity index (χ4n) is 2.26. The highest BCUT2D eigenvalue weighted by Gasteiger charge is 2.15. The van der Waals surface area contributed by atoms with Gasteiger partial charge >= 0.3 is 0 Å². The maximum Gasteiger partial charge on any atom is 0.258 e. The molecule has 0 heterocycles. The van der Waals surface area contributed by atoms with E-state index in [-0.39, 0.29) is 36.2 Å². The van der Waals surface area contributed by atoms with Gasteiger partial charge in [0.05, 0.1) is 10.6 Å². The summed E-state index contributed by atoms with van der Waals surface area (Å²) in [4.78, 5) is 23.7. The summed E-state index contributed by atoms with van der Waals surface area (Å²) in [6, 6.07) is 9.64. The number of hydrogen-bond acceptors (Lipinski definition) is 3. The molecule has 5 nitrogen and oxygen atoms in total. The van der Waals surface area contributed by atoms with E-state index >= 15 is 0 Å². The number of hydrogen-bond donors (Lipinski definition) is 2. The third kappa shape index (κ3) is 5.20. The third-order valence-corrected chi connectivity index (χ3v) is 4.15. The first-order valence-electron chi connectivity index (χ1n) is 8.08. The van der Waals surface area contributed by atoms with Crippen LogP contribution in [-0.2, 0) is 4.79 Å². The topological polar surface area (TPSA) is 67.4 Å². The lowest BCUT2D eigenvalue weighted by atomic mass is 10.1. The summed E-state index contributed by atoms with van der Waals surface area (Å²) < 4.78 is 19.1. The summed E-state index contributed by atoms with van der Waals surface area (Å²) in [6.45, 7) is 4.08. The van der Waals surface area contributed by atoms with Crippen molar-refractivity contribution in [2.45, 2.75) is 13.8 Å². The van der Waals surface area contributed by atoms with E-state index in [4.69, 9.17) is 16.3 Å². The molecule has 0 atom stereocenters. The van der Waals surface area contributed by atoms with Gasteiger partial charge in [-0.2, -0.15) is 0 Å². The second-order valence-electron chi connectivity index (χ2n) is 5.69. The number of ether oxygens (including phenoxy) is 1. The molecule has 0 saturated carbocycles. The van der Waals surface area contributed by atoms with Gasteiger partial charge in [0.25, 0.3) is 11.8 Å². The highest BCUT2D eigenvalue weighted by Crippen LogP contribution is 2.20. The number of carbonyl (C=O) groups excluding carboxylic acids is 2. The molecular weight excluding hydrogens is 359 g/mol. The summed E-state index contributed by atoms with van der Waals surface area (Å²) >= 11 is 5.82. The Bertz CT molecular complexity index is 791. The summed E-state index contributed by atoms with van der Waals surface area (Å²) in [7, 11) is 0. The second-order valence-corrected chi connectivity index (χ2v) is 6.10. The Labute approximate surface area is 156 Å². The van der Waals surface area contributed by atoms with Gasteiger partial charge in [-0.3, -0.25) is 9.59 Å². The molecule has 0 aromatic heterocycles. The molecule has 7 heteroatoms. The van der Waals surface area contributed by atoms with Crippen LogP contribution in [0.15, 0.2) is 36.4 Å². The lowest BCUT2D eigenvalue weighted by Gasteiger charge is -2.11. The minimum absolute atomic E-state index is 0.0356. The fourth-order valence-corrected chi connectivity index (χ4v) is 2.50. The molecule has 2 rings (SSSR count). The predicted molar refractivity (Wildman–Crippen MR) is 98.2 cm³/mol. The number of carbonyl (C=O) groups is 2. The van der Waals surface area contributed by atoms with Gasteiger partial charge in [-0.15, -0.1) is 0 Å². The molecular formula is C19H20ClFN2O3. The molecule has 2 N–H and O–H groups in total. The normalized spacial score (nSPS) is 10.3. The molecule has 2 aromatic carbocycles. The van der Waals surface area contributed by atoms with E-state index in [0.29, 0.717) is 5.75 Å². The molecule has 2 aromatic rings. The number of aryl methyl sites for hydroxylation is 1. The van der Waals surface area contributed by atoms with Crippen LogP contribution < -0.4 is 15.4 Å². The van der Waals surface area contributed by atoms with Gasteiger partial charge < -0.3 is 15.4 Å². The van der Waals surface area contributed by atoms with Crippen molar-refractivity contribution >= 4 is 23.4 Å². The lowest BCUT2D eigenvalue weighted by molar-refractivity contribution is -0.123. The molecule has 0 aliphatic rings. The maximum absolute atomic E-state index is 13.6. The van der Waals surface area contributed by atoms with Crippen molar-refractivity contribution in [3.8, 4) is 5.75 Å². The van der Waals surface area contributed by atoms with Crippen molar-refractivity contribution in [2.24, 2.45) is 0 Å². The maximum atomic E-state index is 13.6. The monoisotopic (exact) mass is 378 g/mol. The fraction of sp³-hybridized carbons (Fsp3) is 0.263. The van der Waals surface area contributed by atoms with Crippen LogP contribution in [-0.4, -0.2) is 31.5 Å². The van der Waals surface area contributed by atoms with Crippen molar-refractivity contribution in [3.63, 3.8) is 0 Å². The molecule has 138 valence electrons. The van der Waals surface area contributed by atoms with Crippen molar-refractivity contribution in [1.29, 1.82) is 0 Å². The molecule has 0 radical (unpaired) electrons.